The van der Waals surface area contributed by atoms with Crippen LogP contribution in [0.4, 0.5) is 5.13 Å². The predicted molar refractivity (Wildman–Crippen MR) is 85.6 cm³/mol. The number of hydrogen-bond donors (Lipinski definition) is 1. The Morgan fingerprint density at radius 2 is 2.18 bits per heavy atom. The number of carbonyl (C=O) groups is 1. The first-order chi connectivity index (χ1) is 10.6. The van der Waals surface area contributed by atoms with Crippen LogP contribution in [0.5, 0.6) is 0 Å². The zero-order valence-corrected chi connectivity index (χ0v) is 14.0. The smallest absolute Gasteiger partial charge is 0.308 e. The van der Waals surface area contributed by atoms with Crippen molar-refractivity contribution in [3.63, 3.8) is 0 Å². The molecule has 8 heteroatoms. The maximum Gasteiger partial charge on any atom is 0.308 e. The molecule has 2 rings (SSSR count). The Kier molecular flexibility index (Phi) is 6.53. The van der Waals surface area contributed by atoms with Crippen LogP contribution in [0, 0.1) is 5.92 Å². The second-order valence-corrected chi connectivity index (χ2v) is 6.51. The molecule has 0 aromatic carbocycles. The molecule has 1 aromatic heterocycles. The minimum Gasteiger partial charge on any atom is -0.481 e. The van der Waals surface area contributed by atoms with Crippen molar-refractivity contribution in [2.45, 2.75) is 20.3 Å². The van der Waals surface area contributed by atoms with Gasteiger partial charge in [0.05, 0.1) is 19.1 Å². The summed E-state index contributed by atoms with van der Waals surface area (Å²) in [6, 6.07) is 0. The van der Waals surface area contributed by atoms with Gasteiger partial charge < -0.3 is 14.7 Å². The van der Waals surface area contributed by atoms with Crippen LogP contribution in [0.1, 0.15) is 18.9 Å². The van der Waals surface area contributed by atoms with Gasteiger partial charge in [0.15, 0.2) is 0 Å². The van der Waals surface area contributed by atoms with E-state index in [-0.39, 0.29) is 0 Å². The number of aryl methyl sites for hydroxylation is 1. The lowest BCUT2D eigenvalue weighted by atomic mass is 10.2. The minimum atomic E-state index is -0.781. The van der Waals surface area contributed by atoms with Crippen LogP contribution < -0.4 is 4.90 Å². The topological polar surface area (TPSA) is 78.8 Å². The number of carboxylic acid groups (broad SMARTS) is 1. The van der Waals surface area contributed by atoms with E-state index >= 15 is 0 Å². The highest BCUT2D eigenvalue weighted by Crippen LogP contribution is 2.21. The van der Waals surface area contributed by atoms with E-state index in [1.165, 1.54) is 0 Å². The van der Waals surface area contributed by atoms with E-state index in [9.17, 15) is 4.79 Å². The Bertz CT molecular complexity index is 476. The lowest BCUT2D eigenvalue weighted by Gasteiger charge is -2.30. The summed E-state index contributed by atoms with van der Waals surface area (Å²) in [5.74, 6) is -1.21. The summed E-state index contributed by atoms with van der Waals surface area (Å²) >= 11 is 1.55. The summed E-state index contributed by atoms with van der Waals surface area (Å²) in [4.78, 5) is 15.5. The summed E-state index contributed by atoms with van der Waals surface area (Å²) < 4.78 is 5.35. The molecule has 0 radical (unpaired) electrons. The first-order valence-electron chi connectivity index (χ1n) is 7.70. The summed E-state index contributed by atoms with van der Waals surface area (Å²) in [6.07, 6.45) is 0.851. The van der Waals surface area contributed by atoms with Gasteiger partial charge in [-0.25, -0.2) is 0 Å². The van der Waals surface area contributed by atoms with Gasteiger partial charge in [-0.3, -0.25) is 9.69 Å². The number of aliphatic carboxylic acids is 1. The van der Waals surface area contributed by atoms with Crippen LogP contribution in [-0.2, 0) is 16.0 Å². The van der Waals surface area contributed by atoms with Crippen molar-refractivity contribution in [1.29, 1.82) is 0 Å². The van der Waals surface area contributed by atoms with Crippen molar-refractivity contribution in [2.24, 2.45) is 5.92 Å². The maximum atomic E-state index is 11.1. The summed E-state index contributed by atoms with van der Waals surface area (Å²) in [5, 5.41) is 19.3. The molecule has 1 unspecified atom stereocenters. The standard InChI is InChI=1S/C14H24N4O3S/c1-3-12-15-16-14(22-12)18(10-11(2)13(19)20)5-4-17-6-8-21-9-7-17/h11H,3-10H2,1-2H3,(H,19,20). The van der Waals surface area contributed by atoms with Gasteiger partial charge >= 0.3 is 5.97 Å². The van der Waals surface area contributed by atoms with Gasteiger partial charge in [-0.05, 0) is 6.42 Å². The quantitative estimate of drug-likeness (QED) is 0.761. The van der Waals surface area contributed by atoms with E-state index in [1.807, 2.05) is 11.8 Å². The first kappa shape index (κ1) is 17.1. The summed E-state index contributed by atoms with van der Waals surface area (Å²) in [5.41, 5.74) is 0. The van der Waals surface area contributed by atoms with Crippen molar-refractivity contribution >= 4 is 22.4 Å². The molecule has 22 heavy (non-hydrogen) atoms. The van der Waals surface area contributed by atoms with Crippen molar-refractivity contribution < 1.29 is 14.6 Å². The first-order valence-corrected chi connectivity index (χ1v) is 8.52. The highest BCUT2D eigenvalue weighted by atomic mass is 32.1. The molecule has 0 spiro atoms. The van der Waals surface area contributed by atoms with Crippen molar-refractivity contribution in [1.82, 2.24) is 15.1 Å². The Balaban J connectivity index is 1.98. The molecule has 1 atom stereocenters. The number of aromatic nitrogens is 2. The number of ether oxygens (including phenoxy) is 1. The summed E-state index contributed by atoms with van der Waals surface area (Å²) in [6.45, 7) is 9.27. The third kappa shape index (κ3) is 4.89. The monoisotopic (exact) mass is 328 g/mol. The van der Waals surface area contributed by atoms with Crippen LogP contribution in [0.2, 0.25) is 0 Å². The van der Waals surface area contributed by atoms with E-state index in [4.69, 9.17) is 9.84 Å². The molecule has 1 saturated heterocycles. The molecule has 0 bridgehead atoms. The third-order valence-corrected chi connectivity index (χ3v) is 4.86. The molecule has 124 valence electrons. The maximum absolute atomic E-state index is 11.1. The van der Waals surface area contributed by atoms with E-state index < -0.39 is 11.9 Å². The molecule has 7 nitrogen and oxygen atoms in total. The zero-order valence-electron chi connectivity index (χ0n) is 13.2. The minimum absolute atomic E-state index is 0.432. The molecular weight excluding hydrogens is 304 g/mol. The molecule has 1 aromatic rings. The van der Waals surface area contributed by atoms with Gasteiger partial charge in [-0.2, -0.15) is 0 Å². The zero-order chi connectivity index (χ0) is 15.9. The van der Waals surface area contributed by atoms with E-state index in [0.29, 0.717) is 6.54 Å². The lowest BCUT2D eigenvalue weighted by Crippen LogP contribution is -2.43. The van der Waals surface area contributed by atoms with Crippen LogP contribution in [-0.4, -0.2) is 72.1 Å². The predicted octanol–water partition coefficient (Wildman–Crippen LogP) is 0.960. The van der Waals surface area contributed by atoms with Gasteiger partial charge in [0, 0.05) is 32.7 Å². The van der Waals surface area contributed by atoms with E-state index in [1.54, 1.807) is 18.3 Å². The molecule has 1 N–H and O–H groups in total. The van der Waals surface area contributed by atoms with Gasteiger partial charge in [-0.1, -0.05) is 25.2 Å². The van der Waals surface area contributed by atoms with Crippen molar-refractivity contribution in [3.05, 3.63) is 5.01 Å². The van der Waals surface area contributed by atoms with Gasteiger partial charge in [-0.15, -0.1) is 10.2 Å². The fourth-order valence-corrected chi connectivity index (χ4v) is 3.09. The molecule has 2 heterocycles. The van der Waals surface area contributed by atoms with Crippen LogP contribution in [0.15, 0.2) is 0 Å². The molecule has 0 amide bonds. The van der Waals surface area contributed by atoms with E-state index in [0.717, 1.165) is 56.0 Å². The van der Waals surface area contributed by atoms with Crippen molar-refractivity contribution in [2.75, 3.05) is 50.8 Å². The largest absolute Gasteiger partial charge is 0.481 e. The number of morpholine rings is 1. The molecule has 0 saturated carbocycles. The Morgan fingerprint density at radius 3 is 2.77 bits per heavy atom. The second-order valence-electron chi connectivity index (χ2n) is 5.47. The highest BCUT2D eigenvalue weighted by Gasteiger charge is 2.20. The number of carboxylic acids is 1. The molecule has 1 aliphatic heterocycles. The second kappa shape index (κ2) is 8.40. The highest BCUT2D eigenvalue weighted by molar-refractivity contribution is 7.15. The fourth-order valence-electron chi connectivity index (χ4n) is 2.28. The number of anilines is 1. The average molecular weight is 328 g/mol. The summed E-state index contributed by atoms with van der Waals surface area (Å²) in [7, 11) is 0. The molecule has 0 aliphatic carbocycles. The Labute approximate surface area is 134 Å². The Morgan fingerprint density at radius 1 is 1.45 bits per heavy atom. The number of nitrogens with zero attached hydrogens (tertiary/aromatic N) is 4. The SMILES string of the molecule is CCc1nnc(N(CCN2CCOCC2)CC(C)C(=O)O)s1. The molecular formula is C14H24N4O3S. The van der Waals surface area contributed by atoms with Crippen LogP contribution >= 0.6 is 11.3 Å². The van der Waals surface area contributed by atoms with Crippen LogP contribution in [0.25, 0.3) is 0 Å². The molecule has 1 fully saturated rings. The average Bonchev–Trinajstić information content (AvgIpc) is 3.01. The third-order valence-electron chi connectivity index (χ3n) is 3.73. The van der Waals surface area contributed by atoms with Gasteiger partial charge in [0.25, 0.3) is 0 Å². The number of hydrogen-bond acceptors (Lipinski definition) is 7. The lowest BCUT2D eigenvalue weighted by molar-refractivity contribution is -0.140. The fraction of sp³-hybridized carbons (Fsp3) is 0.786. The molecule has 1 aliphatic rings. The van der Waals surface area contributed by atoms with Gasteiger partial charge in [0.2, 0.25) is 5.13 Å². The van der Waals surface area contributed by atoms with E-state index in [2.05, 4.69) is 15.1 Å². The van der Waals surface area contributed by atoms with Gasteiger partial charge in [0.1, 0.15) is 5.01 Å². The number of rotatable bonds is 8. The van der Waals surface area contributed by atoms with Crippen LogP contribution in [0.3, 0.4) is 0 Å². The Hall–Kier alpha value is -1.25. The van der Waals surface area contributed by atoms with Crippen molar-refractivity contribution in [3.8, 4) is 0 Å². The normalized spacial score (nSPS) is 17.4.